The molecule has 7 heteroatoms. The average Bonchev–Trinajstić information content (AvgIpc) is 3.32. The summed E-state index contributed by atoms with van der Waals surface area (Å²) in [6, 6.07) is 7.44. The first-order chi connectivity index (χ1) is 11.2. The van der Waals surface area contributed by atoms with Gasteiger partial charge in [-0.2, -0.15) is 0 Å². The first-order valence-corrected chi connectivity index (χ1v) is 8.11. The molecule has 0 N–H and O–H groups in total. The Morgan fingerprint density at radius 2 is 1.78 bits per heavy atom. The van der Waals surface area contributed by atoms with Gasteiger partial charge in [-0.15, -0.1) is 10.2 Å². The molecule has 0 spiro atoms. The Kier molecular flexibility index (Phi) is 3.48. The van der Waals surface area contributed by atoms with Gasteiger partial charge in [0.1, 0.15) is 12.2 Å². The van der Waals surface area contributed by atoms with Gasteiger partial charge in [-0.25, -0.2) is 0 Å². The number of benzene rings is 1. The normalized spacial score (nSPS) is 19.0. The molecule has 0 amide bonds. The summed E-state index contributed by atoms with van der Waals surface area (Å²) in [7, 11) is 0. The van der Waals surface area contributed by atoms with Crippen molar-refractivity contribution in [2.45, 2.75) is 37.6 Å². The monoisotopic (exact) mass is 313 g/mol. The number of non-ortho nitro benzene ring substituents is 1. The smallest absolute Gasteiger partial charge is 0.269 e. The van der Waals surface area contributed by atoms with Crippen LogP contribution in [0.1, 0.15) is 43.5 Å². The number of anilines is 1. The molecule has 2 heterocycles. The van der Waals surface area contributed by atoms with Crippen LogP contribution in [0.15, 0.2) is 30.6 Å². The lowest BCUT2D eigenvalue weighted by molar-refractivity contribution is -0.384. The Morgan fingerprint density at radius 1 is 1.09 bits per heavy atom. The molecule has 4 rings (SSSR count). The minimum absolute atomic E-state index is 0.140. The van der Waals surface area contributed by atoms with E-state index in [1.165, 1.54) is 12.8 Å². The first kappa shape index (κ1) is 14.2. The summed E-state index contributed by atoms with van der Waals surface area (Å²) >= 11 is 0. The van der Waals surface area contributed by atoms with Gasteiger partial charge >= 0.3 is 0 Å². The Hall–Kier alpha value is -2.44. The summed E-state index contributed by atoms with van der Waals surface area (Å²) in [6.07, 6.45) is 6.44. The SMILES string of the molecule is O=[N+]([O-])c1ccc(N2CCC(c3nncn3C3CC3)CC2)cc1. The first-order valence-electron chi connectivity index (χ1n) is 8.11. The number of aromatic nitrogens is 3. The molecule has 2 aromatic rings. The Bertz CT molecular complexity index is 700. The second kappa shape index (κ2) is 5.64. The second-order valence-electron chi connectivity index (χ2n) is 6.36. The molecule has 0 unspecified atom stereocenters. The maximum atomic E-state index is 10.7. The van der Waals surface area contributed by atoms with Crippen molar-refractivity contribution in [1.29, 1.82) is 0 Å². The van der Waals surface area contributed by atoms with Crippen LogP contribution in [0.5, 0.6) is 0 Å². The molecule has 1 saturated heterocycles. The van der Waals surface area contributed by atoms with Gasteiger partial charge in [0, 0.05) is 42.9 Å². The average molecular weight is 313 g/mol. The zero-order valence-electron chi connectivity index (χ0n) is 12.8. The van der Waals surface area contributed by atoms with Crippen LogP contribution < -0.4 is 4.90 Å². The summed E-state index contributed by atoms with van der Waals surface area (Å²) in [5, 5.41) is 19.2. The van der Waals surface area contributed by atoms with Crippen molar-refractivity contribution < 1.29 is 4.92 Å². The lowest BCUT2D eigenvalue weighted by Crippen LogP contribution is -2.33. The maximum absolute atomic E-state index is 10.7. The fourth-order valence-corrected chi connectivity index (χ4v) is 3.36. The van der Waals surface area contributed by atoms with Gasteiger partial charge < -0.3 is 9.47 Å². The van der Waals surface area contributed by atoms with Crippen molar-refractivity contribution in [2.75, 3.05) is 18.0 Å². The number of rotatable bonds is 4. The quantitative estimate of drug-likeness (QED) is 0.640. The molecule has 0 atom stereocenters. The van der Waals surface area contributed by atoms with E-state index in [-0.39, 0.29) is 10.6 Å². The topological polar surface area (TPSA) is 77.1 Å². The summed E-state index contributed by atoms with van der Waals surface area (Å²) in [6.45, 7) is 1.89. The van der Waals surface area contributed by atoms with E-state index >= 15 is 0 Å². The molecule has 0 bridgehead atoms. The van der Waals surface area contributed by atoms with Crippen molar-refractivity contribution in [3.63, 3.8) is 0 Å². The van der Waals surface area contributed by atoms with Gasteiger partial charge in [-0.05, 0) is 37.8 Å². The van der Waals surface area contributed by atoms with Crippen molar-refractivity contribution in [3.05, 3.63) is 46.5 Å². The van der Waals surface area contributed by atoms with Crippen LogP contribution in [0.3, 0.4) is 0 Å². The number of nitrogens with zero attached hydrogens (tertiary/aromatic N) is 5. The van der Waals surface area contributed by atoms with E-state index in [9.17, 15) is 10.1 Å². The molecule has 2 aliphatic rings. The Labute approximate surface area is 134 Å². The largest absolute Gasteiger partial charge is 0.371 e. The number of nitro benzene ring substituents is 1. The highest BCUT2D eigenvalue weighted by Gasteiger charge is 2.31. The lowest BCUT2D eigenvalue weighted by atomic mass is 9.95. The summed E-state index contributed by atoms with van der Waals surface area (Å²) in [5.74, 6) is 1.60. The molecular weight excluding hydrogens is 294 g/mol. The van der Waals surface area contributed by atoms with Gasteiger partial charge in [0.15, 0.2) is 0 Å². The van der Waals surface area contributed by atoms with Crippen molar-refractivity contribution in [3.8, 4) is 0 Å². The van der Waals surface area contributed by atoms with Crippen LogP contribution in [0.25, 0.3) is 0 Å². The minimum Gasteiger partial charge on any atom is -0.371 e. The van der Waals surface area contributed by atoms with Crippen LogP contribution in [0.2, 0.25) is 0 Å². The Balaban J connectivity index is 1.42. The fourth-order valence-electron chi connectivity index (χ4n) is 3.36. The lowest BCUT2D eigenvalue weighted by Gasteiger charge is -2.33. The molecule has 1 aromatic heterocycles. The van der Waals surface area contributed by atoms with Crippen LogP contribution in [-0.4, -0.2) is 32.8 Å². The van der Waals surface area contributed by atoms with E-state index in [0.29, 0.717) is 12.0 Å². The maximum Gasteiger partial charge on any atom is 0.269 e. The van der Waals surface area contributed by atoms with E-state index in [0.717, 1.165) is 37.4 Å². The summed E-state index contributed by atoms with van der Waals surface area (Å²) in [5.41, 5.74) is 1.19. The van der Waals surface area contributed by atoms with Gasteiger partial charge in [0.25, 0.3) is 5.69 Å². The van der Waals surface area contributed by atoms with Crippen molar-refractivity contribution in [1.82, 2.24) is 14.8 Å². The molecule has 1 aliphatic heterocycles. The number of hydrogen-bond donors (Lipinski definition) is 0. The molecule has 120 valence electrons. The highest BCUT2D eigenvalue weighted by molar-refractivity contribution is 5.51. The highest BCUT2D eigenvalue weighted by atomic mass is 16.6. The summed E-state index contributed by atoms with van der Waals surface area (Å²) < 4.78 is 2.26. The number of nitro groups is 1. The predicted molar refractivity (Wildman–Crippen MR) is 85.6 cm³/mol. The zero-order chi connectivity index (χ0) is 15.8. The number of hydrogen-bond acceptors (Lipinski definition) is 5. The van der Waals surface area contributed by atoms with E-state index < -0.39 is 0 Å². The summed E-state index contributed by atoms with van der Waals surface area (Å²) in [4.78, 5) is 12.7. The molecule has 23 heavy (non-hydrogen) atoms. The zero-order valence-corrected chi connectivity index (χ0v) is 12.8. The third-order valence-electron chi connectivity index (χ3n) is 4.83. The van der Waals surface area contributed by atoms with Crippen LogP contribution in [-0.2, 0) is 0 Å². The number of piperidine rings is 1. The van der Waals surface area contributed by atoms with Gasteiger partial charge in [0.2, 0.25) is 0 Å². The van der Waals surface area contributed by atoms with E-state index in [1.54, 1.807) is 12.1 Å². The second-order valence-corrected chi connectivity index (χ2v) is 6.36. The predicted octanol–water partition coefficient (Wildman–Crippen LogP) is 2.91. The van der Waals surface area contributed by atoms with Crippen molar-refractivity contribution in [2.24, 2.45) is 0 Å². The van der Waals surface area contributed by atoms with E-state index in [2.05, 4.69) is 19.7 Å². The Morgan fingerprint density at radius 3 is 2.39 bits per heavy atom. The molecule has 7 nitrogen and oxygen atoms in total. The van der Waals surface area contributed by atoms with E-state index in [1.807, 2.05) is 18.5 Å². The van der Waals surface area contributed by atoms with Crippen LogP contribution >= 0.6 is 0 Å². The van der Waals surface area contributed by atoms with Gasteiger partial charge in [-0.1, -0.05) is 0 Å². The molecule has 1 aliphatic carbocycles. The molecular formula is C16H19N5O2. The van der Waals surface area contributed by atoms with Crippen LogP contribution in [0.4, 0.5) is 11.4 Å². The van der Waals surface area contributed by atoms with Gasteiger partial charge in [0.05, 0.1) is 4.92 Å². The standard InChI is InChI=1S/C16H19N5O2/c22-21(23)15-5-1-13(2-6-15)19-9-7-12(8-10-19)16-18-17-11-20(16)14-3-4-14/h1-2,5-6,11-12,14H,3-4,7-10H2. The minimum atomic E-state index is -0.360. The van der Waals surface area contributed by atoms with Crippen molar-refractivity contribution >= 4 is 11.4 Å². The molecule has 0 radical (unpaired) electrons. The fraction of sp³-hybridized carbons (Fsp3) is 0.500. The van der Waals surface area contributed by atoms with Crippen LogP contribution in [0, 0.1) is 10.1 Å². The van der Waals surface area contributed by atoms with Gasteiger partial charge in [-0.3, -0.25) is 10.1 Å². The molecule has 1 aromatic carbocycles. The third kappa shape index (κ3) is 2.78. The third-order valence-corrected chi connectivity index (χ3v) is 4.83. The molecule has 2 fully saturated rings. The highest BCUT2D eigenvalue weighted by Crippen LogP contribution is 2.38. The molecule has 1 saturated carbocycles. The van der Waals surface area contributed by atoms with E-state index in [4.69, 9.17) is 0 Å².